The second kappa shape index (κ2) is 6.05. The predicted octanol–water partition coefficient (Wildman–Crippen LogP) is 2.76. The average Bonchev–Trinajstić information content (AvgIpc) is 2.74. The third-order valence-corrected chi connectivity index (χ3v) is 4.73. The second-order valence-electron chi connectivity index (χ2n) is 5.30. The van der Waals surface area contributed by atoms with Crippen LogP contribution in [0.2, 0.25) is 0 Å². The summed E-state index contributed by atoms with van der Waals surface area (Å²) in [5.41, 5.74) is 0.858. The highest BCUT2D eigenvalue weighted by Crippen LogP contribution is 2.33. The van der Waals surface area contributed by atoms with Crippen LogP contribution >= 0.6 is 0 Å². The van der Waals surface area contributed by atoms with Crippen LogP contribution in [0, 0.1) is 5.92 Å². The molecule has 3 nitrogen and oxygen atoms in total. The third-order valence-electron chi connectivity index (χ3n) is 3.61. The number of rotatable bonds is 4. The van der Waals surface area contributed by atoms with Crippen LogP contribution in [0.25, 0.3) is 5.57 Å². The van der Waals surface area contributed by atoms with Crippen molar-refractivity contribution in [1.29, 1.82) is 0 Å². The molecule has 1 aliphatic rings. The molecular formula is C15H16F2O3S. The van der Waals surface area contributed by atoms with Crippen molar-refractivity contribution < 1.29 is 22.0 Å². The van der Waals surface area contributed by atoms with Gasteiger partial charge in [0.05, 0.1) is 4.90 Å². The fourth-order valence-corrected chi connectivity index (χ4v) is 3.09. The standard InChI is InChI=1S/C15H16F2O3S/c1-21(19,20)13-4-2-11(3-5-13)12(9-18)6-10-7-14(16)15(17)8-10/h2-6,9-10,14-15H,7-8H2,1H3/b12-6-/t10-,14+,15-. The van der Waals surface area contributed by atoms with Gasteiger partial charge < -0.3 is 0 Å². The highest BCUT2D eigenvalue weighted by molar-refractivity contribution is 7.90. The summed E-state index contributed by atoms with van der Waals surface area (Å²) in [5.74, 6) is -0.315. The number of hydrogen-bond donors (Lipinski definition) is 0. The van der Waals surface area contributed by atoms with Crippen molar-refractivity contribution in [2.45, 2.75) is 30.1 Å². The molecule has 0 heterocycles. The van der Waals surface area contributed by atoms with Crippen LogP contribution in [0.15, 0.2) is 35.2 Å². The number of halogens is 2. The smallest absolute Gasteiger partial charge is 0.175 e. The highest BCUT2D eigenvalue weighted by atomic mass is 32.2. The molecule has 6 heteroatoms. The largest absolute Gasteiger partial charge is 0.298 e. The van der Waals surface area contributed by atoms with E-state index < -0.39 is 22.2 Å². The average molecular weight is 314 g/mol. The first kappa shape index (κ1) is 15.8. The van der Waals surface area contributed by atoms with E-state index in [1.165, 1.54) is 24.3 Å². The van der Waals surface area contributed by atoms with Gasteiger partial charge in [0.25, 0.3) is 0 Å². The summed E-state index contributed by atoms with van der Waals surface area (Å²) in [5, 5.41) is 0. The van der Waals surface area contributed by atoms with Gasteiger partial charge in [-0.25, -0.2) is 17.2 Å². The molecular weight excluding hydrogens is 298 g/mol. The Balaban J connectivity index is 2.24. The summed E-state index contributed by atoms with van der Waals surface area (Å²) >= 11 is 0. The van der Waals surface area contributed by atoms with Crippen LogP contribution in [-0.2, 0) is 14.6 Å². The topological polar surface area (TPSA) is 51.2 Å². The molecule has 0 bridgehead atoms. The Labute approximate surface area is 122 Å². The van der Waals surface area contributed by atoms with Crippen molar-refractivity contribution in [1.82, 2.24) is 0 Å². The molecule has 0 aliphatic heterocycles. The molecule has 0 unspecified atom stereocenters. The zero-order valence-corrected chi connectivity index (χ0v) is 12.3. The van der Waals surface area contributed by atoms with Crippen LogP contribution in [-0.4, -0.2) is 33.3 Å². The van der Waals surface area contributed by atoms with Crippen molar-refractivity contribution in [3.8, 4) is 0 Å². The van der Waals surface area contributed by atoms with Crippen LogP contribution in [0.5, 0.6) is 0 Å². The molecule has 0 amide bonds. The van der Waals surface area contributed by atoms with E-state index in [1.54, 1.807) is 6.08 Å². The molecule has 1 saturated carbocycles. The van der Waals surface area contributed by atoms with Gasteiger partial charge in [-0.05, 0) is 36.5 Å². The number of carbonyl (C=O) groups is 1. The van der Waals surface area contributed by atoms with Crippen LogP contribution in [0.3, 0.4) is 0 Å². The van der Waals surface area contributed by atoms with Gasteiger partial charge in [-0.1, -0.05) is 18.2 Å². The molecule has 1 aromatic rings. The van der Waals surface area contributed by atoms with E-state index in [1.807, 2.05) is 0 Å². The Kier molecular flexibility index (Phi) is 4.56. The zero-order chi connectivity index (χ0) is 15.6. The molecule has 114 valence electrons. The second-order valence-corrected chi connectivity index (χ2v) is 7.32. The number of sulfone groups is 1. The maximum absolute atomic E-state index is 13.1. The first-order chi connectivity index (χ1) is 9.81. The van der Waals surface area contributed by atoms with Gasteiger partial charge in [-0.2, -0.15) is 0 Å². The number of hydrogen-bond acceptors (Lipinski definition) is 3. The Morgan fingerprint density at radius 1 is 1.14 bits per heavy atom. The minimum Gasteiger partial charge on any atom is -0.298 e. The molecule has 0 spiro atoms. The number of carbonyl (C=O) groups excluding carboxylic acids is 1. The molecule has 0 N–H and O–H groups in total. The van der Waals surface area contributed by atoms with E-state index in [2.05, 4.69) is 0 Å². The minimum absolute atomic E-state index is 0.0694. The van der Waals surface area contributed by atoms with Crippen molar-refractivity contribution in [3.05, 3.63) is 35.9 Å². The van der Waals surface area contributed by atoms with E-state index in [-0.39, 0.29) is 23.7 Å². The van der Waals surface area contributed by atoms with E-state index in [4.69, 9.17) is 0 Å². The summed E-state index contributed by atoms with van der Waals surface area (Å²) in [6.07, 6.45) is 0.459. The summed E-state index contributed by atoms with van der Waals surface area (Å²) in [7, 11) is -3.30. The Morgan fingerprint density at radius 2 is 1.67 bits per heavy atom. The SMILES string of the molecule is CS(=O)(=O)c1ccc(/C(C=O)=C\[C@H]2C[C@@H](F)[C@@H](F)C2)cc1. The normalized spacial score (nSPS) is 26.8. The van der Waals surface area contributed by atoms with E-state index >= 15 is 0 Å². The van der Waals surface area contributed by atoms with Gasteiger partial charge in [0, 0.05) is 11.8 Å². The fraction of sp³-hybridized carbons (Fsp3) is 0.400. The molecule has 3 atom stereocenters. The highest BCUT2D eigenvalue weighted by Gasteiger charge is 2.33. The summed E-state index contributed by atoms with van der Waals surface area (Å²) < 4.78 is 49.0. The third kappa shape index (κ3) is 3.75. The molecule has 0 aromatic heterocycles. The van der Waals surface area contributed by atoms with Gasteiger partial charge in [-0.3, -0.25) is 4.79 Å². The van der Waals surface area contributed by atoms with Crippen LogP contribution in [0.1, 0.15) is 18.4 Å². The van der Waals surface area contributed by atoms with Crippen LogP contribution < -0.4 is 0 Å². The van der Waals surface area contributed by atoms with E-state index in [0.29, 0.717) is 17.4 Å². The van der Waals surface area contributed by atoms with Crippen LogP contribution in [0.4, 0.5) is 8.78 Å². The molecule has 21 heavy (non-hydrogen) atoms. The monoisotopic (exact) mass is 314 g/mol. The van der Waals surface area contributed by atoms with Gasteiger partial charge >= 0.3 is 0 Å². The maximum atomic E-state index is 13.1. The van der Waals surface area contributed by atoms with Crippen molar-refractivity contribution in [2.75, 3.05) is 6.26 Å². The first-order valence-corrected chi connectivity index (χ1v) is 8.46. The number of benzene rings is 1. The Morgan fingerprint density at radius 3 is 2.10 bits per heavy atom. The lowest BCUT2D eigenvalue weighted by Crippen LogP contribution is -2.06. The minimum atomic E-state index is -3.30. The maximum Gasteiger partial charge on any atom is 0.175 e. The number of allylic oxidation sites excluding steroid dienone is 2. The molecule has 0 saturated heterocycles. The number of alkyl halides is 2. The van der Waals surface area contributed by atoms with Crippen molar-refractivity contribution in [3.63, 3.8) is 0 Å². The Hall–Kier alpha value is -1.56. The van der Waals surface area contributed by atoms with Crippen molar-refractivity contribution in [2.24, 2.45) is 5.92 Å². The lowest BCUT2D eigenvalue weighted by atomic mass is 9.99. The van der Waals surface area contributed by atoms with Gasteiger partial charge in [-0.15, -0.1) is 0 Å². The van der Waals surface area contributed by atoms with Gasteiger partial charge in [0.15, 0.2) is 9.84 Å². The predicted molar refractivity (Wildman–Crippen MR) is 76.1 cm³/mol. The lowest BCUT2D eigenvalue weighted by molar-refractivity contribution is -0.103. The van der Waals surface area contributed by atoms with Crippen molar-refractivity contribution >= 4 is 21.7 Å². The summed E-state index contributed by atoms with van der Waals surface area (Å²) in [6, 6.07) is 5.86. The summed E-state index contributed by atoms with van der Waals surface area (Å²) in [6.45, 7) is 0. The summed E-state index contributed by atoms with van der Waals surface area (Å²) in [4.78, 5) is 11.3. The fourth-order valence-electron chi connectivity index (χ4n) is 2.46. The zero-order valence-electron chi connectivity index (χ0n) is 11.5. The van der Waals surface area contributed by atoms with Gasteiger partial charge in [0.1, 0.15) is 18.6 Å². The quantitative estimate of drug-likeness (QED) is 0.634. The molecule has 1 fully saturated rings. The Bertz CT molecular complexity index is 640. The first-order valence-electron chi connectivity index (χ1n) is 6.57. The molecule has 1 aromatic carbocycles. The molecule has 1 aliphatic carbocycles. The molecule has 2 rings (SSSR count). The van der Waals surface area contributed by atoms with Gasteiger partial charge in [0.2, 0.25) is 0 Å². The lowest BCUT2D eigenvalue weighted by Gasteiger charge is -2.06. The van der Waals surface area contributed by atoms with E-state index in [9.17, 15) is 22.0 Å². The number of aldehydes is 1. The van der Waals surface area contributed by atoms with E-state index in [0.717, 1.165) is 6.26 Å². The molecule has 0 radical (unpaired) electrons.